The van der Waals surface area contributed by atoms with Crippen LogP contribution in [-0.4, -0.2) is 0 Å². The average molecular weight is 244 g/mol. The molecule has 1 aliphatic rings. The first-order chi connectivity index (χ1) is 8.75. The number of benzene rings is 1. The summed E-state index contributed by atoms with van der Waals surface area (Å²) >= 11 is 0. The Hall–Kier alpha value is -1.04. The molecule has 0 bridgehead atoms. The molecule has 0 atom stereocenters. The molecule has 0 spiro atoms. The van der Waals surface area contributed by atoms with Crippen LogP contribution in [0.15, 0.2) is 36.4 Å². The van der Waals surface area contributed by atoms with Gasteiger partial charge in [-0.1, -0.05) is 69.5 Å². The van der Waals surface area contributed by atoms with E-state index in [1.807, 2.05) is 13.8 Å². The van der Waals surface area contributed by atoms with Crippen molar-refractivity contribution < 1.29 is 0 Å². The Morgan fingerprint density at radius 2 is 1.61 bits per heavy atom. The zero-order chi connectivity index (χ0) is 13.4. The fourth-order valence-electron chi connectivity index (χ4n) is 2.69. The highest BCUT2D eigenvalue weighted by atomic mass is 14.2. The first-order valence-corrected chi connectivity index (χ1v) is 7.49. The minimum Gasteiger partial charge on any atom is -0.0998 e. The Morgan fingerprint density at radius 3 is 2.11 bits per heavy atom. The second-order valence-electron chi connectivity index (χ2n) is 5.21. The normalized spacial score (nSPS) is 15.7. The van der Waals surface area contributed by atoms with Gasteiger partial charge in [0.1, 0.15) is 0 Å². The Labute approximate surface area is 113 Å². The maximum atomic E-state index is 3.96. The van der Waals surface area contributed by atoms with Crippen molar-refractivity contribution in [2.45, 2.75) is 65.2 Å². The summed E-state index contributed by atoms with van der Waals surface area (Å²) in [4.78, 5) is 0. The highest BCUT2D eigenvalue weighted by Crippen LogP contribution is 2.32. The molecule has 18 heavy (non-hydrogen) atoms. The van der Waals surface area contributed by atoms with Crippen molar-refractivity contribution in [2.75, 3.05) is 0 Å². The highest BCUT2D eigenvalue weighted by molar-refractivity contribution is 5.27. The summed E-state index contributed by atoms with van der Waals surface area (Å²) in [6, 6.07) is 9.21. The molecule has 2 rings (SSSR count). The maximum Gasteiger partial charge on any atom is -0.00726 e. The second kappa shape index (κ2) is 8.13. The summed E-state index contributed by atoms with van der Waals surface area (Å²) < 4.78 is 0. The summed E-state index contributed by atoms with van der Waals surface area (Å²) in [7, 11) is 0. The van der Waals surface area contributed by atoms with Crippen LogP contribution in [0.3, 0.4) is 0 Å². The Bertz CT molecular complexity index is 339. The topological polar surface area (TPSA) is 0 Å². The van der Waals surface area contributed by atoms with E-state index in [9.17, 15) is 0 Å². The van der Waals surface area contributed by atoms with Crippen LogP contribution in [0, 0.1) is 0 Å². The molecule has 1 fully saturated rings. The van der Waals surface area contributed by atoms with E-state index in [0.717, 1.165) is 12.3 Å². The summed E-state index contributed by atoms with van der Waals surface area (Å²) in [5, 5.41) is 0. The summed E-state index contributed by atoms with van der Waals surface area (Å²) in [6.45, 7) is 10.1. The predicted octanol–water partition coefficient (Wildman–Crippen LogP) is 5.88. The Balaban J connectivity index is 0.000000771. The van der Waals surface area contributed by atoms with Gasteiger partial charge in [0.05, 0.1) is 0 Å². The molecular weight excluding hydrogens is 216 g/mol. The number of hydrogen-bond acceptors (Lipinski definition) is 0. The van der Waals surface area contributed by atoms with Gasteiger partial charge in [0, 0.05) is 0 Å². The average Bonchev–Trinajstić information content (AvgIpc) is 2.42. The van der Waals surface area contributed by atoms with Crippen molar-refractivity contribution in [3.8, 4) is 0 Å². The van der Waals surface area contributed by atoms with Crippen LogP contribution in [0.1, 0.15) is 69.9 Å². The molecular formula is C18H28. The second-order valence-corrected chi connectivity index (χ2v) is 5.21. The molecule has 100 valence electrons. The number of allylic oxidation sites excluding steroid dienone is 1. The van der Waals surface area contributed by atoms with E-state index in [0.29, 0.717) is 0 Å². The van der Waals surface area contributed by atoms with Gasteiger partial charge in [0.25, 0.3) is 0 Å². The first kappa shape index (κ1) is 15.0. The molecule has 0 heterocycles. The monoisotopic (exact) mass is 244 g/mol. The minimum absolute atomic E-state index is 0.827. The van der Waals surface area contributed by atoms with Crippen molar-refractivity contribution in [1.82, 2.24) is 0 Å². The van der Waals surface area contributed by atoms with Crippen LogP contribution in [0.2, 0.25) is 0 Å². The van der Waals surface area contributed by atoms with Gasteiger partial charge in [-0.2, -0.15) is 0 Å². The summed E-state index contributed by atoms with van der Waals surface area (Å²) in [6.07, 6.45) is 8.06. The van der Waals surface area contributed by atoms with Gasteiger partial charge in [-0.25, -0.2) is 0 Å². The van der Waals surface area contributed by atoms with Crippen molar-refractivity contribution >= 4 is 0 Å². The minimum atomic E-state index is 0.827. The fourth-order valence-corrected chi connectivity index (χ4v) is 2.69. The zero-order valence-electron chi connectivity index (χ0n) is 12.3. The van der Waals surface area contributed by atoms with Crippen molar-refractivity contribution in [2.24, 2.45) is 0 Å². The third-order valence-electron chi connectivity index (χ3n) is 3.56. The lowest BCUT2D eigenvalue weighted by Crippen LogP contribution is -2.04. The smallest absolute Gasteiger partial charge is 0.00726 e. The van der Waals surface area contributed by atoms with E-state index in [1.54, 1.807) is 5.56 Å². The van der Waals surface area contributed by atoms with E-state index >= 15 is 0 Å². The lowest BCUT2D eigenvalue weighted by atomic mass is 9.84. The standard InChI is InChI=1S/C16H22.C2H6/c1-13(2)12-14-8-10-16(11-9-14)15-6-4-3-5-7-15;1-2/h8-11,15H,1,3-7,12H2,2H3;1-2H3. The van der Waals surface area contributed by atoms with Gasteiger partial charge >= 0.3 is 0 Å². The highest BCUT2D eigenvalue weighted by Gasteiger charge is 2.14. The van der Waals surface area contributed by atoms with Crippen LogP contribution >= 0.6 is 0 Å². The lowest BCUT2D eigenvalue weighted by Gasteiger charge is -2.22. The predicted molar refractivity (Wildman–Crippen MR) is 82.1 cm³/mol. The number of rotatable bonds is 3. The summed E-state index contributed by atoms with van der Waals surface area (Å²) in [5.74, 6) is 0.827. The Morgan fingerprint density at radius 1 is 1.06 bits per heavy atom. The molecule has 0 nitrogen and oxygen atoms in total. The Kier molecular flexibility index (Phi) is 6.78. The largest absolute Gasteiger partial charge is 0.0998 e. The maximum absolute atomic E-state index is 3.96. The van der Waals surface area contributed by atoms with Crippen LogP contribution in [-0.2, 0) is 6.42 Å². The molecule has 1 saturated carbocycles. The van der Waals surface area contributed by atoms with E-state index in [4.69, 9.17) is 0 Å². The SMILES string of the molecule is C=C(C)Cc1ccc(C2CCCCC2)cc1.CC. The fraction of sp³-hybridized carbons (Fsp3) is 0.556. The van der Waals surface area contributed by atoms with E-state index in [2.05, 4.69) is 37.8 Å². The molecule has 0 heteroatoms. The van der Waals surface area contributed by atoms with Gasteiger partial charge in [-0.15, -0.1) is 0 Å². The molecule has 0 radical (unpaired) electrons. The van der Waals surface area contributed by atoms with Crippen molar-refractivity contribution in [1.29, 1.82) is 0 Å². The number of hydrogen-bond donors (Lipinski definition) is 0. The van der Waals surface area contributed by atoms with Gasteiger partial charge < -0.3 is 0 Å². The molecule has 0 N–H and O–H groups in total. The third-order valence-corrected chi connectivity index (χ3v) is 3.56. The van der Waals surface area contributed by atoms with Crippen LogP contribution < -0.4 is 0 Å². The molecule has 0 unspecified atom stereocenters. The van der Waals surface area contributed by atoms with E-state index in [1.165, 1.54) is 43.2 Å². The summed E-state index contributed by atoms with van der Waals surface area (Å²) in [5.41, 5.74) is 4.18. The quantitative estimate of drug-likeness (QED) is 0.582. The molecule has 0 amide bonds. The molecule has 1 aromatic rings. The van der Waals surface area contributed by atoms with Gasteiger partial charge in [-0.3, -0.25) is 0 Å². The van der Waals surface area contributed by atoms with E-state index in [-0.39, 0.29) is 0 Å². The molecule has 0 saturated heterocycles. The van der Waals surface area contributed by atoms with Gasteiger partial charge in [0.15, 0.2) is 0 Å². The van der Waals surface area contributed by atoms with Crippen LogP contribution in [0.25, 0.3) is 0 Å². The van der Waals surface area contributed by atoms with Gasteiger partial charge in [-0.05, 0) is 43.2 Å². The lowest BCUT2D eigenvalue weighted by molar-refractivity contribution is 0.443. The van der Waals surface area contributed by atoms with Crippen molar-refractivity contribution in [3.05, 3.63) is 47.5 Å². The first-order valence-electron chi connectivity index (χ1n) is 7.49. The molecule has 0 aliphatic heterocycles. The van der Waals surface area contributed by atoms with Gasteiger partial charge in [0.2, 0.25) is 0 Å². The van der Waals surface area contributed by atoms with E-state index < -0.39 is 0 Å². The molecule has 1 aromatic carbocycles. The zero-order valence-corrected chi connectivity index (χ0v) is 12.3. The van der Waals surface area contributed by atoms with Crippen molar-refractivity contribution in [3.63, 3.8) is 0 Å². The van der Waals surface area contributed by atoms with Crippen LogP contribution in [0.5, 0.6) is 0 Å². The molecule has 1 aliphatic carbocycles. The van der Waals surface area contributed by atoms with Crippen LogP contribution in [0.4, 0.5) is 0 Å². The molecule has 0 aromatic heterocycles. The third kappa shape index (κ3) is 4.68.